The molecule has 4 rings (SSSR count). The lowest BCUT2D eigenvalue weighted by molar-refractivity contribution is 0.0167. The van der Waals surface area contributed by atoms with Gasteiger partial charge in [0.2, 0.25) is 6.79 Å². The fourth-order valence-corrected chi connectivity index (χ4v) is 3.59. The molecular weight excluding hydrogens is 382 g/mol. The van der Waals surface area contributed by atoms with Gasteiger partial charge in [-0.05, 0) is 35.9 Å². The quantitative estimate of drug-likeness (QED) is 0.801. The summed E-state index contributed by atoms with van der Waals surface area (Å²) in [7, 11) is 0. The van der Waals surface area contributed by atoms with Crippen LogP contribution in [0.15, 0.2) is 42.5 Å². The molecule has 2 amide bonds. The number of amides is 2. The van der Waals surface area contributed by atoms with Gasteiger partial charge in [0.25, 0.3) is 0 Å². The van der Waals surface area contributed by atoms with Gasteiger partial charge in [-0.15, -0.1) is 0 Å². The highest BCUT2D eigenvalue weighted by atomic mass is 35.5. The van der Waals surface area contributed by atoms with Gasteiger partial charge >= 0.3 is 6.03 Å². The number of nitrogens with zero attached hydrogens (tertiary/aromatic N) is 1. The molecule has 0 spiro atoms. The normalized spacial score (nSPS) is 17.2. The number of fused-ring (bicyclic) bond motifs is 1. The van der Waals surface area contributed by atoms with Crippen molar-refractivity contribution in [2.75, 3.05) is 45.0 Å². The van der Waals surface area contributed by atoms with Gasteiger partial charge in [-0.25, -0.2) is 4.79 Å². The van der Waals surface area contributed by atoms with E-state index in [1.807, 2.05) is 18.2 Å². The zero-order valence-corrected chi connectivity index (χ0v) is 16.1. The second-order valence-electron chi connectivity index (χ2n) is 6.62. The van der Waals surface area contributed by atoms with Crippen LogP contribution in [0, 0.1) is 0 Å². The second kappa shape index (κ2) is 8.68. The van der Waals surface area contributed by atoms with Crippen LogP contribution in [0.25, 0.3) is 0 Å². The number of benzene rings is 2. The Bertz CT molecular complexity index is 842. The van der Waals surface area contributed by atoms with Crippen molar-refractivity contribution < 1.29 is 19.0 Å². The van der Waals surface area contributed by atoms with Gasteiger partial charge < -0.3 is 24.8 Å². The summed E-state index contributed by atoms with van der Waals surface area (Å²) in [4.78, 5) is 14.7. The number of hydrogen-bond donors (Lipinski definition) is 2. The molecule has 8 heteroatoms. The molecule has 1 atom stereocenters. The maximum absolute atomic E-state index is 12.4. The summed E-state index contributed by atoms with van der Waals surface area (Å²) in [6.07, 6.45) is 0. The number of rotatable bonds is 5. The molecular formula is C20H22ClN3O4. The number of ether oxygens (including phenoxy) is 3. The van der Waals surface area contributed by atoms with Crippen LogP contribution in [0.5, 0.6) is 11.5 Å². The van der Waals surface area contributed by atoms with Crippen LogP contribution >= 0.6 is 11.6 Å². The molecule has 7 nitrogen and oxygen atoms in total. The number of anilines is 1. The molecule has 2 heterocycles. The third-order valence-corrected chi connectivity index (χ3v) is 5.04. The lowest BCUT2D eigenvalue weighted by Crippen LogP contribution is -2.44. The molecule has 1 saturated heterocycles. The lowest BCUT2D eigenvalue weighted by atomic mass is 10.0. The van der Waals surface area contributed by atoms with Crippen LogP contribution in [0.4, 0.5) is 10.5 Å². The molecule has 28 heavy (non-hydrogen) atoms. The number of halogens is 1. The Balaban J connectivity index is 1.45. The summed E-state index contributed by atoms with van der Waals surface area (Å²) in [5, 5.41) is 6.35. The zero-order valence-electron chi connectivity index (χ0n) is 15.3. The van der Waals surface area contributed by atoms with Crippen LogP contribution < -0.4 is 20.1 Å². The smallest absolute Gasteiger partial charge is 0.319 e. The van der Waals surface area contributed by atoms with Gasteiger partial charge in [-0.1, -0.05) is 23.7 Å². The molecule has 1 unspecified atom stereocenters. The monoisotopic (exact) mass is 403 g/mol. The molecule has 2 aliphatic heterocycles. The molecule has 148 valence electrons. The van der Waals surface area contributed by atoms with Gasteiger partial charge in [0, 0.05) is 30.3 Å². The first kappa shape index (κ1) is 18.9. The molecule has 0 aromatic heterocycles. The second-order valence-corrected chi connectivity index (χ2v) is 7.06. The number of morpholine rings is 1. The van der Waals surface area contributed by atoms with Crippen molar-refractivity contribution >= 4 is 23.3 Å². The van der Waals surface area contributed by atoms with E-state index in [0.717, 1.165) is 30.2 Å². The Hall–Kier alpha value is -2.48. The van der Waals surface area contributed by atoms with Crippen molar-refractivity contribution in [2.24, 2.45) is 0 Å². The Morgan fingerprint density at radius 2 is 1.93 bits per heavy atom. The number of carbonyl (C=O) groups is 1. The van der Waals surface area contributed by atoms with E-state index in [1.165, 1.54) is 0 Å². The van der Waals surface area contributed by atoms with Crippen molar-refractivity contribution in [2.45, 2.75) is 6.04 Å². The first-order chi connectivity index (χ1) is 13.7. The predicted octanol–water partition coefficient (Wildman–Crippen LogP) is 3.26. The first-order valence-electron chi connectivity index (χ1n) is 9.21. The number of hydrogen-bond acceptors (Lipinski definition) is 5. The van der Waals surface area contributed by atoms with Crippen molar-refractivity contribution in [3.05, 3.63) is 53.1 Å². The zero-order chi connectivity index (χ0) is 19.3. The van der Waals surface area contributed by atoms with E-state index < -0.39 is 0 Å². The van der Waals surface area contributed by atoms with Gasteiger partial charge in [-0.3, -0.25) is 4.90 Å². The van der Waals surface area contributed by atoms with Gasteiger partial charge in [0.05, 0.1) is 19.3 Å². The van der Waals surface area contributed by atoms with Crippen LogP contribution in [0.3, 0.4) is 0 Å². The van der Waals surface area contributed by atoms with Crippen molar-refractivity contribution in [3.63, 3.8) is 0 Å². The van der Waals surface area contributed by atoms with E-state index in [-0.39, 0.29) is 18.9 Å². The fraction of sp³-hybridized carbons (Fsp3) is 0.350. The average Bonchev–Trinajstić information content (AvgIpc) is 3.17. The van der Waals surface area contributed by atoms with E-state index in [9.17, 15) is 4.79 Å². The first-order valence-corrected chi connectivity index (χ1v) is 9.58. The van der Waals surface area contributed by atoms with E-state index in [4.69, 9.17) is 25.8 Å². The summed E-state index contributed by atoms with van der Waals surface area (Å²) in [5.41, 5.74) is 1.71. The Morgan fingerprint density at radius 3 is 2.75 bits per heavy atom. The molecule has 0 radical (unpaired) electrons. The average molecular weight is 404 g/mol. The minimum absolute atomic E-state index is 0.00325. The van der Waals surface area contributed by atoms with Crippen LogP contribution in [-0.2, 0) is 4.74 Å². The summed E-state index contributed by atoms with van der Waals surface area (Å²) >= 11 is 5.97. The highest BCUT2D eigenvalue weighted by Crippen LogP contribution is 2.35. The van der Waals surface area contributed by atoms with Gasteiger partial charge in [0.15, 0.2) is 11.5 Å². The standard InChI is InChI=1S/C20H22ClN3O4/c21-15-2-1-3-16(11-15)23-20(25)22-12-17(24-6-8-26-9-7-24)14-4-5-18-19(10-14)28-13-27-18/h1-5,10-11,17H,6-9,12-13H2,(H2,22,23,25). The third-order valence-electron chi connectivity index (χ3n) is 4.81. The van der Waals surface area contributed by atoms with Crippen LogP contribution in [0.2, 0.25) is 5.02 Å². The fourth-order valence-electron chi connectivity index (χ4n) is 3.40. The highest BCUT2D eigenvalue weighted by Gasteiger charge is 2.25. The van der Waals surface area contributed by atoms with E-state index in [0.29, 0.717) is 30.5 Å². The SMILES string of the molecule is O=C(NCC(c1ccc2c(c1)OCO2)N1CCOCC1)Nc1cccc(Cl)c1. The minimum Gasteiger partial charge on any atom is -0.454 e. The maximum Gasteiger partial charge on any atom is 0.319 e. The van der Waals surface area contributed by atoms with Gasteiger partial charge in [0.1, 0.15) is 0 Å². The Morgan fingerprint density at radius 1 is 1.11 bits per heavy atom. The van der Waals surface area contributed by atoms with Crippen molar-refractivity contribution in [1.29, 1.82) is 0 Å². The van der Waals surface area contributed by atoms with Crippen LogP contribution in [-0.4, -0.2) is 50.6 Å². The Kier molecular flexibility index (Phi) is 5.85. The largest absolute Gasteiger partial charge is 0.454 e. The van der Waals surface area contributed by atoms with Gasteiger partial charge in [-0.2, -0.15) is 0 Å². The molecule has 2 aliphatic rings. The van der Waals surface area contributed by atoms with Crippen molar-refractivity contribution in [3.8, 4) is 11.5 Å². The lowest BCUT2D eigenvalue weighted by Gasteiger charge is -2.35. The molecule has 2 aromatic rings. The molecule has 0 aliphatic carbocycles. The van der Waals surface area contributed by atoms with E-state index >= 15 is 0 Å². The molecule has 0 bridgehead atoms. The highest BCUT2D eigenvalue weighted by molar-refractivity contribution is 6.30. The van der Waals surface area contributed by atoms with E-state index in [2.05, 4.69) is 15.5 Å². The summed E-state index contributed by atoms with van der Waals surface area (Å²) in [5.74, 6) is 1.48. The summed E-state index contributed by atoms with van der Waals surface area (Å²) in [6.45, 7) is 3.65. The third kappa shape index (κ3) is 4.49. The number of carbonyl (C=O) groups excluding carboxylic acids is 1. The summed E-state index contributed by atoms with van der Waals surface area (Å²) < 4.78 is 16.4. The van der Waals surface area contributed by atoms with Crippen LogP contribution in [0.1, 0.15) is 11.6 Å². The van der Waals surface area contributed by atoms with E-state index in [1.54, 1.807) is 24.3 Å². The minimum atomic E-state index is -0.277. The maximum atomic E-state index is 12.4. The summed E-state index contributed by atoms with van der Waals surface area (Å²) in [6, 6.07) is 12.7. The molecule has 2 N–H and O–H groups in total. The molecule has 0 saturated carbocycles. The van der Waals surface area contributed by atoms with Crippen molar-refractivity contribution in [1.82, 2.24) is 10.2 Å². The topological polar surface area (TPSA) is 72.1 Å². The Labute approximate surface area is 168 Å². The molecule has 2 aromatic carbocycles. The number of urea groups is 1. The number of nitrogens with one attached hydrogen (secondary N) is 2. The predicted molar refractivity (Wildman–Crippen MR) is 106 cm³/mol. The molecule has 1 fully saturated rings.